The van der Waals surface area contributed by atoms with Crippen LogP contribution in [0.1, 0.15) is 13.8 Å². The summed E-state index contributed by atoms with van der Waals surface area (Å²) in [5.41, 5.74) is 5.28. The van der Waals surface area contributed by atoms with Crippen molar-refractivity contribution in [2.75, 3.05) is 7.11 Å². The third-order valence-corrected chi connectivity index (χ3v) is 1.78. The average molecular weight is 196 g/mol. The molecule has 4 heteroatoms. The molecule has 4 nitrogen and oxygen atoms in total. The molecule has 1 heterocycles. The average Bonchev–Trinajstić information content (AvgIpc) is 2.06. The summed E-state index contributed by atoms with van der Waals surface area (Å²) in [7, 11) is 1.48. The normalized spacial score (nSPS) is 11.4. The van der Waals surface area contributed by atoms with Crippen molar-refractivity contribution < 1.29 is 4.74 Å². The van der Waals surface area contributed by atoms with Crippen LogP contribution in [0.15, 0.2) is 23.1 Å². The Morgan fingerprint density at radius 3 is 2.71 bits per heavy atom. The van der Waals surface area contributed by atoms with E-state index >= 15 is 0 Å². The molecular weight excluding hydrogens is 180 g/mol. The molecule has 1 aromatic rings. The van der Waals surface area contributed by atoms with Crippen molar-refractivity contribution in [1.82, 2.24) is 4.57 Å². The van der Waals surface area contributed by atoms with Gasteiger partial charge in [0.15, 0.2) is 5.75 Å². The summed E-state index contributed by atoms with van der Waals surface area (Å²) < 4.78 is 6.48. The van der Waals surface area contributed by atoms with E-state index in [2.05, 4.69) is 0 Å². The minimum absolute atomic E-state index is 0.145. The molecule has 0 spiro atoms. The summed E-state index contributed by atoms with van der Waals surface area (Å²) in [6.45, 7) is 4.22. The van der Waals surface area contributed by atoms with E-state index in [1.165, 1.54) is 7.11 Å². The Labute approximate surface area is 83.3 Å². The van der Waals surface area contributed by atoms with E-state index in [-0.39, 0.29) is 5.56 Å². The smallest absolute Gasteiger partial charge is 0.292 e. The first-order valence-corrected chi connectivity index (χ1v) is 4.46. The molecule has 0 aliphatic rings. The lowest BCUT2D eigenvalue weighted by Crippen LogP contribution is -2.40. The highest BCUT2D eigenvalue weighted by molar-refractivity contribution is 5.17. The van der Waals surface area contributed by atoms with Crippen molar-refractivity contribution in [3.63, 3.8) is 0 Å². The second kappa shape index (κ2) is 3.84. The van der Waals surface area contributed by atoms with Gasteiger partial charge in [-0.2, -0.15) is 0 Å². The minimum Gasteiger partial charge on any atom is -0.491 e. The molecule has 1 rings (SSSR count). The van der Waals surface area contributed by atoms with Crippen molar-refractivity contribution >= 4 is 0 Å². The fourth-order valence-electron chi connectivity index (χ4n) is 1.23. The number of ether oxygens (including phenoxy) is 1. The Hall–Kier alpha value is -1.29. The number of nitrogens with zero attached hydrogens (tertiary/aromatic N) is 1. The molecule has 0 radical (unpaired) electrons. The first kappa shape index (κ1) is 10.8. The SMILES string of the molecule is COc1cccn(CC(C)(C)N)c1=O. The van der Waals surface area contributed by atoms with Crippen LogP contribution in [0.5, 0.6) is 5.75 Å². The molecule has 0 saturated carbocycles. The van der Waals surface area contributed by atoms with Gasteiger partial charge in [0.2, 0.25) is 0 Å². The van der Waals surface area contributed by atoms with Gasteiger partial charge in [-0.15, -0.1) is 0 Å². The summed E-state index contributed by atoms with van der Waals surface area (Å²) >= 11 is 0. The number of hydrogen-bond donors (Lipinski definition) is 1. The van der Waals surface area contributed by atoms with Gasteiger partial charge in [-0.05, 0) is 26.0 Å². The molecule has 78 valence electrons. The zero-order valence-electron chi connectivity index (χ0n) is 8.78. The molecule has 0 unspecified atom stereocenters. The molecule has 0 atom stereocenters. The number of hydrogen-bond acceptors (Lipinski definition) is 3. The molecule has 0 bridgehead atoms. The quantitative estimate of drug-likeness (QED) is 0.770. The standard InChI is InChI=1S/C10H16N2O2/c1-10(2,11)7-12-6-4-5-8(14-3)9(12)13/h4-6H,7,11H2,1-3H3. The number of aromatic nitrogens is 1. The highest BCUT2D eigenvalue weighted by atomic mass is 16.5. The maximum absolute atomic E-state index is 11.7. The van der Waals surface area contributed by atoms with Crippen LogP contribution in [0.25, 0.3) is 0 Å². The lowest BCUT2D eigenvalue weighted by molar-refractivity contribution is 0.386. The van der Waals surface area contributed by atoms with Crippen molar-refractivity contribution in [3.05, 3.63) is 28.7 Å². The second-order valence-electron chi connectivity index (χ2n) is 4.00. The van der Waals surface area contributed by atoms with Gasteiger partial charge in [0.25, 0.3) is 5.56 Å². The Balaban J connectivity index is 3.05. The van der Waals surface area contributed by atoms with Crippen LogP contribution in [-0.2, 0) is 6.54 Å². The van der Waals surface area contributed by atoms with Crippen molar-refractivity contribution in [3.8, 4) is 5.75 Å². The van der Waals surface area contributed by atoms with Crippen molar-refractivity contribution in [2.45, 2.75) is 25.9 Å². The van der Waals surface area contributed by atoms with Gasteiger partial charge in [0, 0.05) is 18.3 Å². The predicted molar refractivity (Wildman–Crippen MR) is 55.5 cm³/mol. The van der Waals surface area contributed by atoms with Crippen molar-refractivity contribution in [2.24, 2.45) is 5.73 Å². The van der Waals surface area contributed by atoms with E-state index in [9.17, 15) is 4.79 Å². The van der Waals surface area contributed by atoms with Crippen LogP contribution in [0.2, 0.25) is 0 Å². The van der Waals surface area contributed by atoms with E-state index in [4.69, 9.17) is 10.5 Å². The Kier molecular flexibility index (Phi) is 2.96. The largest absolute Gasteiger partial charge is 0.491 e. The van der Waals surface area contributed by atoms with E-state index in [0.717, 1.165) is 0 Å². The molecule has 0 amide bonds. The van der Waals surface area contributed by atoms with Crippen LogP contribution in [0.3, 0.4) is 0 Å². The Bertz CT molecular complexity index is 363. The predicted octanol–water partition coefficient (Wildman–Crippen LogP) is 0.594. The van der Waals surface area contributed by atoms with Gasteiger partial charge >= 0.3 is 0 Å². The second-order valence-corrected chi connectivity index (χ2v) is 4.00. The summed E-state index contributed by atoms with van der Waals surface area (Å²) in [6.07, 6.45) is 1.71. The molecule has 0 aliphatic carbocycles. The van der Waals surface area contributed by atoms with Gasteiger partial charge in [-0.25, -0.2) is 0 Å². The number of nitrogens with two attached hydrogens (primary N) is 1. The highest BCUT2D eigenvalue weighted by Gasteiger charge is 2.13. The number of rotatable bonds is 3. The van der Waals surface area contributed by atoms with Crippen LogP contribution in [0.4, 0.5) is 0 Å². The van der Waals surface area contributed by atoms with E-state index in [1.54, 1.807) is 22.9 Å². The molecule has 14 heavy (non-hydrogen) atoms. The molecule has 0 fully saturated rings. The first-order valence-electron chi connectivity index (χ1n) is 4.46. The fourth-order valence-corrected chi connectivity index (χ4v) is 1.23. The number of pyridine rings is 1. The maximum atomic E-state index is 11.7. The highest BCUT2D eigenvalue weighted by Crippen LogP contribution is 2.04. The van der Waals surface area contributed by atoms with Gasteiger partial charge in [-0.3, -0.25) is 4.79 Å². The molecule has 0 aromatic carbocycles. The van der Waals surface area contributed by atoms with Crippen LogP contribution >= 0.6 is 0 Å². The molecule has 0 saturated heterocycles. The molecule has 1 aromatic heterocycles. The van der Waals surface area contributed by atoms with Gasteiger partial charge < -0.3 is 15.0 Å². The zero-order chi connectivity index (χ0) is 10.8. The van der Waals surface area contributed by atoms with Crippen LogP contribution < -0.4 is 16.0 Å². The van der Waals surface area contributed by atoms with Gasteiger partial charge in [0.1, 0.15) is 0 Å². The lowest BCUT2D eigenvalue weighted by atomic mass is 10.1. The fraction of sp³-hybridized carbons (Fsp3) is 0.500. The minimum atomic E-state index is -0.407. The summed E-state index contributed by atoms with van der Waals surface area (Å²) in [6, 6.07) is 3.41. The third-order valence-electron chi connectivity index (χ3n) is 1.78. The van der Waals surface area contributed by atoms with Crippen molar-refractivity contribution in [1.29, 1.82) is 0 Å². The summed E-state index contributed by atoms with van der Waals surface area (Å²) in [5, 5.41) is 0. The van der Waals surface area contributed by atoms with E-state index < -0.39 is 5.54 Å². The van der Waals surface area contributed by atoms with E-state index in [1.807, 2.05) is 13.8 Å². The van der Waals surface area contributed by atoms with Gasteiger partial charge in [-0.1, -0.05) is 0 Å². The van der Waals surface area contributed by atoms with Gasteiger partial charge in [0.05, 0.1) is 7.11 Å². The number of methoxy groups -OCH3 is 1. The van der Waals surface area contributed by atoms with Crippen LogP contribution in [0, 0.1) is 0 Å². The van der Waals surface area contributed by atoms with E-state index in [0.29, 0.717) is 12.3 Å². The molecular formula is C10H16N2O2. The first-order chi connectivity index (χ1) is 6.44. The zero-order valence-corrected chi connectivity index (χ0v) is 8.78. The lowest BCUT2D eigenvalue weighted by Gasteiger charge is -2.19. The Morgan fingerprint density at radius 2 is 2.21 bits per heavy atom. The topological polar surface area (TPSA) is 57.2 Å². The third kappa shape index (κ3) is 2.60. The molecule has 2 N–H and O–H groups in total. The van der Waals surface area contributed by atoms with Crippen LogP contribution in [-0.4, -0.2) is 17.2 Å². The monoisotopic (exact) mass is 196 g/mol. The Morgan fingerprint density at radius 1 is 1.57 bits per heavy atom. The summed E-state index contributed by atoms with van der Waals surface area (Å²) in [5.74, 6) is 0.344. The summed E-state index contributed by atoms with van der Waals surface area (Å²) in [4.78, 5) is 11.7. The molecule has 0 aliphatic heterocycles. The maximum Gasteiger partial charge on any atom is 0.292 e.